The van der Waals surface area contributed by atoms with Gasteiger partial charge in [0.1, 0.15) is 0 Å². The van der Waals surface area contributed by atoms with Gasteiger partial charge in [0.15, 0.2) is 23.3 Å². The van der Waals surface area contributed by atoms with Crippen molar-refractivity contribution in [2.24, 2.45) is 0 Å². The molecule has 0 bridgehead atoms. The number of hydrogen-bond acceptors (Lipinski definition) is 2. The van der Waals surface area contributed by atoms with Crippen molar-refractivity contribution in [2.45, 2.75) is 6.61 Å². The van der Waals surface area contributed by atoms with Gasteiger partial charge in [-0.1, -0.05) is 0 Å². The summed E-state index contributed by atoms with van der Waals surface area (Å²) < 4.78 is 66.0. The Bertz CT molecular complexity index is 712. The van der Waals surface area contributed by atoms with E-state index in [1.807, 2.05) is 0 Å². The molecule has 8 heteroatoms. The van der Waals surface area contributed by atoms with Gasteiger partial charge in [0.25, 0.3) is 5.56 Å². The van der Waals surface area contributed by atoms with E-state index in [1.54, 1.807) is 0 Å². The third kappa shape index (κ3) is 2.07. The van der Waals surface area contributed by atoms with Crippen LogP contribution in [0.3, 0.4) is 0 Å². The Hall–Kier alpha value is -2.22. The molecule has 1 heterocycles. The van der Waals surface area contributed by atoms with Crippen LogP contribution in [0.2, 0.25) is 0 Å². The maximum atomic E-state index is 13.5. The van der Waals surface area contributed by atoms with Gasteiger partial charge in [0.2, 0.25) is 5.82 Å². The fourth-order valence-corrected chi connectivity index (χ4v) is 1.64. The highest BCUT2D eigenvalue weighted by atomic mass is 19.2. The molecule has 2 aromatic rings. The fourth-order valence-electron chi connectivity index (χ4n) is 1.64. The van der Waals surface area contributed by atoms with Gasteiger partial charge in [-0.25, -0.2) is 22.0 Å². The molecule has 0 aliphatic heterocycles. The summed E-state index contributed by atoms with van der Waals surface area (Å²) in [5, 5.41) is 8.77. The van der Waals surface area contributed by atoms with Crippen LogP contribution in [0, 0.1) is 29.1 Å². The summed E-state index contributed by atoms with van der Waals surface area (Å²) in [6.45, 7) is -0.549. The Morgan fingerprint density at radius 2 is 1.40 bits per heavy atom. The quantitative estimate of drug-likeness (QED) is 0.506. The number of H-pyrrole nitrogens is 1. The molecule has 2 rings (SSSR count). The van der Waals surface area contributed by atoms with Crippen LogP contribution in [0.1, 0.15) is 5.69 Å². The molecule has 0 aliphatic rings. The highest BCUT2D eigenvalue weighted by Gasteiger charge is 2.27. The van der Waals surface area contributed by atoms with Crippen LogP contribution in [0.15, 0.2) is 16.9 Å². The third-order valence-corrected chi connectivity index (χ3v) is 2.62. The standard InChI is InChI=1S/C12H6F5NO2/c13-7-6(8(14)10(16)11(17)9(7)15)5-2-1-4(3-19)18-12(5)20/h1-2,19H,3H2,(H,18,20). The van der Waals surface area contributed by atoms with E-state index < -0.39 is 52.4 Å². The fraction of sp³-hybridized carbons (Fsp3) is 0.0833. The van der Waals surface area contributed by atoms with Crippen LogP contribution in [0.25, 0.3) is 11.1 Å². The van der Waals surface area contributed by atoms with Crippen molar-refractivity contribution in [2.75, 3.05) is 0 Å². The Balaban J connectivity index is 2.80. The molecule has 0 radical (unpaired) electrons. The topological polar surface area (TPSA) is 53.1 Å². The lowest BCUT2D eigenvalue weighted by molar-refractivity contribution is 0.276. The molecule has 1 aromatic carbocycles. The molecule has 0 fully saturated rings. The molecule has 3 nitrogen and oxygen atoms in total. The maximum Gasteiger partial charge on any atom is 0.256 e. The average molecular weight is 291 g/mol. The van der Waals surface area contributed by atoms with E-state index in [1.165, 1.54) is 0 Å². The molecule has 0 saturated carbocycles. The Morgan fingerprint density at radius 1 is 0.900 bits per heavy atom. The lowest BCUT2D eigenvalue weighted by Crippen LogP contribution is -2.14. The van der Waals surface area contributed by atoms with Crippen LogP contribution in [-0.4, -0.2) is 10.1 Å². The number of pyridine rings is 1. The normalized spacial score (nSPS) is 10.9. The van der Waals surface area contributed by atoms with Gasteiger partial charge in [-0.05, 0) is 12.1 Å². The van der Waals surface area contributed by atoms with E-state index in [4.69, 9.17) is 5.11 Å². The Labute approximate surface area is 108 Å². The molecule has 0 saturated heterocycles. The van der Waals surface area contributed by atoms with Crippen molar-refractivity contribution in [3.05, 3.63) is 57.3 Å². The van der Waals surface area contributed by atoms with E-state index in [-0.39, 0.29) is 5.69 Å². The molecule has 0 aliphatic carbocycles. The average Bonchev–Trinajstić information content (AvgIpc) is 2.44. The van der Waals surface area contributed by atoms with Gasteiger partial charge in [-0.2, -0.15) is 0 Å². The summed E-state index contributed by atoms with van der Waals surface area (Å²) >= 11 is 0. The van der Waals surface area contributed by atoms with Crippen molar-refractivity contribution in [1.82, 2.24) is 4.98 Å². The van der Waals surface area contributed by atoms with Crippen LogP contribution in [0.5, 0.6) is 0 Å². The van der Waals surface area contributed by atoms with Gasteiger partial charge in [0.05, 0.1) is 17.7 Å². The molecule has 0 amide bonds. The highest BCUT2D eigenvalue weighted by Crippen LogP contribution is 2.29. The summed E-state index contributed by atoms with van der Waals surface area (Å²) in [6, 6.07) is 1.96. The minimum atomic E-state index is -2.30. The van der Waals surface area contributed by atoms with Crippen LogP contribution in [0.4, 0.5) is 22.0 Å². The number of rotatable bonds is 2. The maximum absolute atomic E-state index is 13.5. The number of aromatic nitrogens is 1. The van der Waals surface area contributed by atoms with Crippen molar-refractivity contribution in [3.63, 3.8) is 0 Å². The first-order valence-electron chi connectivity index (χ1n) is 5.23. The molecule has 0 unspecified atom stereocenters. The van der Waals surface area contributed by atoms with E-state index in [9.17, 15) is 26.7 Å². The third-order valence-electron chi connectivity index (χ3n) is 2.62. The molecule has 2 N–H and O–H groups in total. The largest absolute Gasteiger partial charge is 0.390 e. The number of benzene rings is 1. The number of hydrogen-bond donors (Lipinski definition) is 2. The second kappa shape index (κ2) is 5.04. The molecular formula is C12H6F5NO2. The molecule has 0 spiro atoms. The van der Waals surface area contributed by atoms with Crippen LogP contribution >= 0.6 is 0 Å². The minimum absolute atomic E-state index is 0.0302. The van der Waals surface area contributed by atoms with E-state index in [2.05, 4.69) is 4.98 Å². The van der Waals surface area contributed by atoms with Gasteiger partial charge >= 0.3 is 0 Å². The number of aromatic amines is 1. The van der Waals surface area contributed by atoms with E-state index in [0.29, 0.717) is 0 Å². The Kier molecular flexibility index (Phi) is 3.58. The first-order chi connectivity index (χ1) is 9.38. The molecular weight excluding hydrogens is 285 g/mol. The zero-order valence-electron chi connectivity index (χ0n) is 9.61. The molecule has 0 atom stereocenters. The lowest BCUT2D eigenvalue weighted by atomic mass is 10.0. The first kappa shape index (κ1) is 14.2. The van der Waals surface area contributed by atoms with E-state index >= 15 is 0 Å². The predicted molar refractivity (Wildman–Crippen MR) is 58.2 cm³/mol. The molecule has 1 aromatic heterocycles. The smallest absolute Gasteiger partial charge is 0.256 e. The second-order valence-electron chi connectivity index (χ2n) is 3.83. The van der Waals surface area contributed by atoms with Gasteiger partial charge in [-0.15, -0.1) is 0 Å². The minimum Gasteiger partial charge on any atom is -0.390 e. The summed E-state index contributed by atoms with van der Waals surface area (Å²) in [4.78, 5) is 13.6. The zero-order chi connectivity index (χ0) is 15.0. The van der Waals surface area contributed by atoms with Crippen molar-refractivity contribution < 1.29 is 27.1 Å². The summed E-state index contributed by atoms with van der Waals surface area (Å²) in [6.07, 6.45) is 0. The summed E-state index contributed by atoms with van der Waals surface area (Å²) in [5.41, 5.74) is -3.09. The lowest BCUT2D eigenvalue weighted by Gasteiger charge is -2.08. The zero-order valence-corrected chi connectivity index (χ0v) is 9.61. The number of aliphatic hydroxyl groups excluding tert-OH is 1. The first-order valence-corrected chi connectivity index (χ1v) is 5.23. The summed E-state index contributed by atoms with van der Waals surface area (Å²) in [7, 11) is 0. The number of aliphatic hydroxyl groups is 1. The van der Waals surface area contributed by atoms with Gasteiger partial charge in [0, 0.05) is 5.69 Å². The van der Waals surface area contributed by atoms with Crippen molar-refractivity contribution in [1.29, 1.82) is 0 Å². The molecule has 106 valence electrons. The highest BCUT2D eigenvalue weighted by molar-refractivity contribution is 5.64. The summed E-state index contributed by atoms with van der Waals surface area (Å²) in [5.74, 6) is -10.8. The van der Waals surface area contributed by atoms with Crippen molar-refractivity contribution >= 4 is 0 Å². The Morgan fingerprint density at radius 3 is 1.85 bits per heavy atom. The van der Waals surface area contributed by atoms with Gasteiger partial charge < -0.3 is 10.1 Å². The SMILES string of the molecule is O=c1[nH]c(CO)ccc1-c1c(F)c(F)c(F)c(F)c1F. The second-order valence-corrected chi connectivity index (χ2v) is 3.83. The molecule has 20 heavy (non-hydrogen) atoms. The van der Waals surface area contributed by atoms with Crippen molar-refractivity contribution in [3.8, 4) is 11.1 Å². The monoisotopic (exact) mass is 291 g/mol. The van der Waals surface area contributed by atoms with Crippen LogP contribution < -0.4 is 5.56 Å². The number of halogens is 5. The van der Waals surface area contributed by atoms with E-state index in [0.717, 1.165) is 12.1 Å². The predicted octanol–water partition coefficient (Wildman–Crippen LogP) is 2.23. The number of nitrogens with one attached hydrogen (secondary N) is 1. The van der Waals surface area contributed by atoms with Crippen LogP contribution in [-0.2, 0) is 6.61 Å². The van der Waals surface area contributed by atoms with Gasteiger partial charge in [-0.3, -0.25) is 4.79 Å².